The van der Waals surface area contributed by atoms with Gasteiger partial charge >= 0.3 is 6.03 Å². The van der Waals surface area contributed by atoms with Crippen LogP contribution in [0.15, 0.2) is 38.9 Å². The molecule has 33 heavy (non-hydrogen) atoms. The van der Waals surface area contributed by atoms with Crippen molar-refractivity contribution in [1.82, 2.24) is 19.3 Å². The fourth-order valence-corrected chi connectivity index (χ4v) is 7.32. The first-order valence-electron chi connectivity index (χ1n) is 11.0. The third kappa shape index (κ3) is 3.68. The minimum absolute atomic E-state index is 0.0230. The number of piperidine rings is 1. The standard InChI is InChI=1S/C23H25BrN4O4S/c1-25-20(30)23(21(31)26(2)22(25)32,9-16-6-7-18(24)33-16)13-27-10-14-8-15(12-27)17-4-3-5-19(29)28(17)11-14/h3-7,14-15H,8-13H2,1-2H3/t14?,15-/m1/s1. The Morgan fingerprint density at radius 3 is 2.39 bits per heavy atom. The third-order valence-corrected chi connectivity index (χ3v) is 8.78. The van der Waals surface area contributed by atoms with Crippen LogP contribution in [0.3, 0.4) is 0 Å². The highest BCUT2D eigenvalue weighted by Gasteiger charge is 2.56. The average Bonchev–Trinajstić information content (AvgIpc) is 3.20. The molecule has 10 heteroatoms. The monoisotopic (exact) mass is 532 g/mol. The number of carbonyl (C=O) groups is 3. The van der Waals surface area contributed by atoms with Crippen molar-refractivity contribution in [2.75, 3.05) is 33.7 Å². The zero-order valence-corrected chi connectivity index (χ0v) is 20.9. The second-order valence-electron chi connectivity index (χ2n) is 9.37. The molecule has 0 spiro atoms. The van der Waals surface area contributed by atoms with E-state index in [4.69, 9.17) is 0 Å². The number of fused-ring (bicyclic) bond motifs is 4. The Kier molecular flexibility index (Phi) is 5.57. The number of imide groups is 2. The number of halogens is 1. The third-order valence-electron chi connectivity index (χ3n) is 7.16. The topological polar surface area (TPSA) is 82.9 Å². The maximum Gasteiger partial charge on any atom is 0.332 e. The highest BCUT2D eigenvalue weighted by Crippen LogP contribution is 2.40. The van der Waals surface area contributed by atoms with Crippen LogP contribution in [0, 0.1) is 11.3 Å². The summed E-state index contributed by atoms with van der Waals surface area (Å²) in [6, 6.07) is 8.62. The highest BCUT2D eigenvalue weighted by molar-refractivity contribution is 9.11. The number of hydrogen-bond donors (Lipinski definition) is 0. The van der Waals surface area contributed by atoms with E-state index in [0.29, 0.717) is 19.6 Å². The van der Waals surface area contributed by atoms with Gasteiger partial charge in [-0.3, -0.25) is 24.2 Å². The molecular weight excluding hydrogens is 508 g/mol. The lowest BCUT2D eigenvalue weighted by Gasteiger charge is -2.48. The number of pyridine rings is 1. The fourth-order valence-electron chi connectivity index (χ4n) is 5.73. The molecule has 3 aliphatic heterocycles. The maximum atomic E-state index is 13.6. The quantitative estimate of drug-likeness (QED) is 0.564. The molecule has 0 aliphatic carbocycles. The van der Waals surface area contributed by atoms with E-state index in [0.717, 1.165) is 30.6 Å². The van der Waals surface area contributed by atoms with E-state index in [1.165, 1.54) is 25.4 Å². The first-order valence-corrected chi connectivity index (χ1v) is 12.6. The van der Waals surface area contributed by atoms with Crippen molar-refractivity contribution < 1.29 is 14.4 Å². The van der Waals surface area contributed by atoms with Gasteiger partial charge in [0.15, 0.2) is 0 Å². The molecule has 0 aromatic carbocycles. The number of likely N-dealkylation sites (tertiary alicyclic amines) is 1. The highest BCUT2D eigenvalue weighted by atomic mass is 79.9. The van der Waals surface area contributed by atoms with Gasteiger partial charge in [0.2, 0.25) is 11.8 Å². The van der Waals surface area contributed by atoms with Crippen molar-refractivity contribution in [2.24, 2.45) is 11.3 Å². The summed E-state index contributed by atoms with van der Waals surface area (Å²) in [5.41, 5.74) is -0.329. The van der Waals surface area contributed by atoms with Crippen LogP contribution in [0.2, 0.25) is 0 Å². The second-order valence-corrected chi connectivity index (χ2v) is 11.9. The lowest BCUT2D eigenvalue weighted by atomic mass is 9.76. The molecule has 4 amide bonds. The maximum absolute atomic E-state index is 13.6. The molecule has 0 N–H and O–H groups in total. The van der Waals surface area contributed by atoms with Crippen molar-refractivity contribution in [3.05, 3.63) is 55.0 Å². The molecule has 0 saturated carbocycles. The van der Waals surface area contributed by atoms with Crippen molar-refractivity contribution in [3.63, 3.8) is 0 Å². The Morgan fingerprint density at radius 2 is 1.73 bits per heavy atom. The van der Waals surface area contributed by atoms with Crippen LogP contribution in [-0.2, 0) is 22.6 Å². The van der Waals surface area contributed by atoms with Gasteiger partial charge in [-0.1, -0.05) is 6.07 Å². The summed E-state index contributed by atoms with van der Waals surface area (Å²) >= 11 is 4.96. The summed E-state index contributed by atoms with van der Waals surface area (Å²) in [6.45, 7) is 2.26. The van der Waals surface area contributed by atoms with Gasteiger partial charge in [-0.25, -0.2) is 4.79 Å². The average molecular weight is 533 g/mol. The van der Waals surface area contributed by atoms with E-state index in [9.17, 15) is 19.2 Å². The molecule has 174 valence electrons. The van der Waals surface area contributed by atoms with Crippen LogP contribution in [-0.4, -0.2) is 70.8 Å². The Labute approximate surface area is 203 Å². The van der Waals surface area contributed by atoms with Crippen LogP contribution in [0.4, 0.5) is 4.79 Å². The molecule has 2 saturated heterocycles. The van der Waals surface area contributed by atoms with Gasteiger partial charge < -0.3 is 9.47 Å². The molecule has 0 radical (unpaired) electrons. The lowest BCUT2D eigenvalue weighted by Crippen LogP contribution is -2.67. The number of barbiturate groups is 1. The smallest absolute Gasteiger partial charge is 0.312 e. The first kappa shape index (κ1) is 22.5. The summed E-state index contributed by atoms with van der Waals surface area (Å²) in [5, 5.41) is 0. The molecule has 3 aliphatic rings. The van der Waals surface area contributed by atoms with Crippen molar-refractivity contribution in [2.45, 2.75) is 25.3 Å². The van der Waals surface area contributed by atoms with E-state index >= 15 is 0 Å². The van der Waals surface area contributed by atoms with E-state index in [1.54, 1.807) is 12.1 Å². The number of aromatic nitrogens is 1. The van der Waals surface area contributed by atoms with Gasteiger partial charge in [0.25, 0.3) is 5.56 Å². The Bertz CT molecular complexity index is 1180. The summed E-state index contributed by atoms with van der Waals surface area (Å²) < 4.78 is 2.79. The minimum Gasteiger partial charge on any atom is -0.312 e. The van der Waals surface area contributed by atoms with Crippen LogP contribution >= 0.6 is 27.3 Å². The van der Waals surface area contributed by atoms with Gasteiger partial charge in [-0.2, -0.15) is 0 Å². The van der Waals surface area contributed by atoms with Crippen molar-refractivity contribution in [1.29, 1.82) is 0 Å². The predicted molar refractivity (Wildman–Crippen MR) is 127 cm³/mol. The number of hydrogen-bond acceptors (Lipinski definition) is 6. The molecule has 8 nitrogen and oxygen atoms in total. The Morgan fingerprint density at radius 1 is 1.00 bits per heavy atom. The number of carbonyl (C=O) groups excluding carboxylic acids is 3. The van der Waals surface area contributed by atoms with Crippen molar-refractivity contribution in [3.8, 4) is 0 Å². The molecule has 2 aromatic rings. The van der Waals surface area contributed by atoms with Crippen LogP contribution in [0.1, 0.15) is 22.9 Å². The van der Waals surface area contributed by atoms with Gasteiger partial charge in [-0.05, 0) is 46.5 Å². The molecule has 2 bridgehead atoms. The van der Waals surface area contributed by atoms with E-state index in [2.05, 4.69) is 20.8 Å². The van der Waals surface area contributed by atoms with Gasteiger partial charge in [0.05, 0.1) is 3.79 Å². The zero-order chi connectivity index (χ0) is 23.5. The number of nitrogens with zero attached hydrogens (tertiary/aromatic N) is 4. The summed E-state index contributed by atoms with van der Waals surface area (Å²) in [6.07, 6.45) is 1.23. The SMILES string of the molecule is CN1C(=O)N(C)C(=O)C(Cc2ccc(Br)s2)(CN2CC3C[C@H](C2)c2cccc(=O)n2C3)C1=O. The summed E-state index contributed by atoms with van der Waals surface area (Å²) in [4.78, 5) is 57.2. The van der Waals surface area contributed by atoms with Crippen molar-refractivity contribution >= 4 is 45.1 Å². The molecule has 2 fully saturated rings. The molecule has 2 atom stereocenters. The molecule has 5 rings (SSSR count). The van der Waals surface area contributed by atoms with Crippen LogP contribution < -0.4 is 5.56 Å². The normalized spacial score (nSPS) is 24.9. The summed E-state index contributed by atoms with van der Waals surface area (Å²) in [5.74, 6) is -0.458. The first-order chi connectivity index (χ1) is 15.7. The largest absolute Gasteiger partial charge is 0.332 e. The molecule has 5 heterocycles. The Hall–Kier alpha value is -2.30. The number of amides is 4. The van der Waals surface area contributed by atoms with E-state index in [1.807, 2.05) is 22.8 Å². The number of thiophene rings is 1. The number of rotatable bonds is 4. The van der Waals surface area contributed by atoms with E-state index in [-0.39, 0.29) is 30.4 Å². The Balaban J connectivity index is 1.50. The second kappa shape index (κ2) is 8.18. The van der Waals surface area contributed by atoms with Gasteiger partial charge in [0.1, 0.15) is 5.41 Å². The molecule has 2 aromatic heterocycles. The zero-order valence-electron chi connectivity index (χ0n) is 18.5. The summed E-state index contributed by atoms with van der Waals surface area (Å²) in [7, 11) is 2.89. The van der Waals surface area contributed by atoms with Gasteiger partial charge in [-0.15, -0.1) is 11.3 Å². The van der Waals surface area contributed by atoms with Crippen LogP contribution in [0.5, 0.6) is 0 Å². The predicted octanol–water partition coefficient (Wildman–Crippen LogP) is 2.37. The van der Waals surface area contributed by atoms with Gasteiger partial charge in [0, 0.05) is 69.3 Å². The molecule has 1 unspecified atom stereocenters. The lowest BCUT2D eigenvalue weighted by molar-refractivity contribution is -0.159. The van der Waals surface area contributed by atoms with E-state index < -0.39 is 23.3 Å². The minimum atomic E-state index is -1.37. The van der Waals surface area contributed by atoms with Crippen LogP contribution in [0.25, 0.3) is 0 Å². The molecular formula is C23H25BrN4O4S. The fraction of sp³-hybridized carbons (Fsp3) is 0.478. The number of urea groups is 1.